The minimum Gasteiger partial charge on any atom is -0.381 e. The number of amides is 5. The number of piperidine rings is 1. The third kappa shape index (κ3) is 7.77. The fourth-order valence-electron chi connectivity index (χ4n) is 8.74. The largest absolute Gasteiger partial charge is 0.381 e. The summed E-state index contributed by atoms with van der Waals surface area (Å²) in [5.74, 6) is -1.54. The van der Waals surface area contributed by atoms with Gasteiger partial charge >= 0.3 is 6.03 Å². The summed E-state index contributed by atoms with van der Waals surface area (Å²) in [5.41, 5.74) is 4.38. The lowest BCUT2D eigenvalue weighted by molar-refractivity contribution is -0.144. The van der Waals surface area contributed by atoms with Crippen LogP contribution < -0.4 is 21.7 Å². The van der Waals surface area contributed by atoms with Crippen molar-refractivity contribution in [1.82, 2.24) is 20.9 Å². The molecule has 3 unspecified atom stereocenters. The van der Waals surface area contributed by atoms with Crippen molar-refractivity contribution in [3.8, 4) is 0 Å². The summed E-state index contributed by atoms with van der Waals surface area (Å²) >= 11 is 0. The number of aliphatic hydroxyl groups is 1. The van der Waals surface area contributed by atoms with Crippen LogP contribution in [0.5, 0.6) is 0 Å². The van der Waals surface area contributed by atoms with Crippen LogP contribution in [0.1, 0.15) is 97.3 Å². The van der Waals surface area contributed by atoms with Crippen LogP contribution in [0.2, 0.25) is 0 Å². The predicted octanol–water partition coefficient (Wildman–Crippen LogP) is 1.60. The number of nitrogens with zero attached hydrogens (tertiary/aromatic N) is 1. The fourth-order valence-corrected chi connectivity index (χ4v) is 10.1. The Kier molecular flexibility index (Phi) is 9.81. The average molecular weight is 652 g/mol. The van der Waals surface area contributed by atoms with Crippen LogP contribution in [-0.4, -0.2) is 90.5 Å². The number of carbonyl (C=O) groups excluding carboxylic acids is 4. The summed E-state index contributed by atoms with van der Waals surface area (Å²) in [6.45, 7) is 4.55. The Hall–Kier alpha value is -2.41. The van der Waals surface area contributed by atoms with E-state index < -0.39 is 57.5 Å². The number of carbonyl (C=O) groups is 4. The molecule has 13 heteroatoms. The number of likely N-dealkylation sites (tertiary alicyclic amines) is 1. The Bertz CT molecular complexity index is 1260. The standard InChI is InChI=1S/C32H53N5O7S/c1-31(2)21-17-37(25(23(21)31)28(40)34-22(16-19-12-13-19)26(38)27(33)39)29(41)24(20-10-6-4-7-11-20)35-30(42)36-32(18-45(3,43)44)14-8-5-9-15-32/h19-26,38H,4-18H2,1-3H3,(H2,33,39)(H,34,40)(H2,35,36,42)/t21?,22?,23-,24-,25-,26?/m0/s1. The minimum atomic E-state index is -3.37. The molecule has 0 radical (unpaired) electrons. The maximum absolute atomic E-state index is 14.5. The number of hydrogen-bond donors (Lipinski definition) is 5. The number of nitrogens with one attached hydrogen (secondary N) is 3. The number of fused-ring (bicyclic) bond motifs is 1. The molecule has 6 atom stereocenters. The van der Waals surface area contributed by atoms with E-state index in [9.17, 15) is 32.7 Å². The van der Waals surface area contributed by atoms with E-state index in [1.807, 2.05) is 0 Å². The van der Waals surface area contributed by atoms with Crippen molar-refractivity contribution in [1.29, 1.82) is 0 Å². The van der Waals surface area contributed by atoms with Gasteiger partial charge in [0.2, 0.25) is 17.7 Å². The van der Waals surface area contributed by atoms with Crippen LogP contribution in [0.15, 0.2) is 0 Å². The molecule has 1 heterocycles. The minimum absolute atomic E-state index is 0.0881. The summed E-state index contributed by atoms with van der Waals surface area (Å²) in [7, 11) is -3.37. The van der Waals surface area contributed by atoms with Gasteiger partial charge in [-0.1, -0.05) is 65.2 Å². The lowest BCUT2D eigenvalue weighted by Crippen LogP contribution is -2.63. The predicted molar refractivity (Wildman–Crippen MR) is 168 cm³/mol. The third-order valence-electron chi connectivity index (χ3n) is 11.4. The summed E-state index contributed by atoms with van der Waals surface area (Å²) in [6.07, 6.45) is 10.2. The number of primary amides is 1. The Balaban J connectivity index is 1.36. The van der Waals surface area contributed by atoms with Crippen LogP contribution >= 0.6 is 0 Å². The van der Waals surface area contributed by atoms with Gasteiger partial charge in [0.05, 0.1) is 17.3 Å². The molecule has 0 aromatic carbocycles. The second-order valence-corrected chi connectivity index (χ2v) is 17.6. The zero-order chi connectivity index (χ0) is 32.7. The zero-order valence-corrected chi connectivity index (χ0v) is 27.9. The van der Waals surface area contributed by atoms with E-state index >= 15 is 0 Å². The smallest absolute Gasteiger partial charge is 0.315 e. The van der Waals surface area contributed by atoms with Crippen LogP contribution in [0.25, 0.3) is 0 Å². The quantitative estimate of drug-likeness (QED) is 0.212. The molecule has 6 N–H and O–H groups in total. The first kappa shape index (κ1) is 33.9. The number of rotatable bonds is 12. The van der Waals surface area contributed by atoms with Gasteiger partial charge in [-0.3, -0.25) is 14.4 Å². The molecule has 0 aromatic rings. The molecular formula is C32H53N5O7S. The van der Waals surface area contributed by atoms with Crippen molar-refractivity contribution in [2.45, 2.75) is 127 Å². The third-order valence-corrected chi connectivity index (χ3v) is 12.5. The van der Waals surface area contributed by atoms with E-state index in [2.05, 4.69) is 29.8 Å². The molecule has 1 saturated heterocycles. The van der Waals surface area contributed by atoms with Crippen molar-refractivity contribution >= 4 is 33.6 Å². The molecule has 0 spiro atoms. The first-order valence-electron chi connectivity index (χ1n) is 17.0. The van der Waals surface area contributed by atoms with Gasteiger partial charge in [-0.25, -0.2) is 13.2 Å². The van der Waals surface area contributed by atoms with Crippen LogP contribution in [0.3, 0.4) is 0 Å². The zero-order valence-electron chi connectivity index (χ0n) is 27.1. The van der Waals surface area contributed by atoms with Crippen LogP contribution in [0, 0.1) is 29.1 Å². The monoisotopic (exact) mass is 651 g/mol. The maximum Gasteiger partial charge on any atom is 0.315 e. The van der Waals surface area contributed by atoms with Crippen molar-refractivity contribution in [3.63, 3.8) is 0 Å². The number of hydrogen-bond acceptors (Lipinski definition) is 7. The molecule has 0 aromatic heterocycles. The van der Waals surface area contributed by atoms with Crippen LogP contribution in [0.4, 0.5) is 4.79 Å². The molecule has 4 saturated carbocycles. The Morgan fingerprint density at radius 3 is 2.16 bits per heavy atom. The molecule has 5 amide bonds. The number of urea groups is 1. The van der Waals surface area contributed by atoms with Gasteiger partial charge in [0.25, 0.3) is 0 Å². The summed E-state index contributed by atoms with van der Waals surface area (Å²) in [6, 6.07) is -3.05. The van der Waals surface area contributed by atoms with Crippen molar-refractivity contribution in [2.75, 3.05) is 18.6 Å². The molecule has 5 fully saturated rings. The summed E-state index contributed by atoms with van der Waals surface area (Å²) < 4.78 is 24.7. The Morgan fingerprint density at radius 2 is 1.58 bits per heavy atom. The highest BCUT2D eigenvalue weighted by Gasteiger charge is 2.69. The first-order valence-corrected chi connectivity index (χ1v) is 19.0. The van der Waals surface area contributed by atoms with Gasteiger partial charge in [0.15, 0.2) is 6.10 Å². The van der Waals surface area contributed by atoms with Gasteiger partial charge in [-0.05, 0) is 61.2 Å². The molecule has 254 valence electrons. The highest BCUT2D eigenvalue weighted by molar-refractivity contribution is 7.90. The Morgan fingerprint density at radius 1 is 0.956 bits per heavy atom. The van der Waals surface area contributed by atoms with Crippen molar-refractivity contribution < 1.29 is 32.7 Å². The van der Waals surface area contributed by atoms with E-state index in [1.165, 1.54) is 6.26 Å². The van der Waals surface area contributed by atoms with E-state index in [-0.39, 0.29) is 34.8 Å². The molecule has 5 rings (SSSR count). The Labute approximate surface area is 267 Å². The maximum atomic E-state index is 14.5. The SMILES string of the molecule is CC1(C)C2CN(C(=O)[C@@H](NC(=O)NC3(CS(C)(=O)=O)CCCCC3)C3CCCCC3)[C@H](C(=O)NC(CC3CC3)C(O)C(N)=O)[C@H]21. The molecule has 1 aliphatic heterocycles. The van der Waals surface area contributed by atoms with Crippen LogP contribution in [-0.2, 0) is 24.2 Å². The fraction of sp³-hybridized carbons (Fsp3) is 0.875. The van der Waals surface area contributed by atoms with Crippen molar-refractivity contribution in [2.24, 2.45) is 34.8 Å². The topological polar surface area (TPSA) is 188 Å². The number of nitrogens with two attached hydrogens (primary N) is 1. The van der Waals surface area contributed by atoms with Gasteiger partial charge in [0.1, 0.15) is 21.9 Å². The highest BCUT2D eigenvalue weighted by atomic mass is 32.2. The lowest BCUT2D eigenvalue weighted by Gasteiger charge is -2.40. The van der Waals surface area contributed by atoms with Gasteiger partial charge in [0, 0.05) is 12.8 Å². The molecular weight excluding hydrogens is 598 g/mol. The highest BCUT2D eigenvalue weighted by Crippen LogP contribution is 2.65. The average Bonchev–Trinajstić information content (AvgIpc) is 3.82. The van der Waals surface area contributed by atoms with Gasteiger partial charge in [-0.15, -0.1) is 0 Å². The molecule has 5 aliphatic rings. The van der Waals surface area contributed by atoms with E-state index in [1.54, 1.807) is 4.90 Å². The first-order chi connectivity index (χ1) is 21.1. The number of aliphatic hydroxyl groups excluding tert-OH is 1. The summed E-state index contributed by atoms with van der Waals surface area (Å²) in [5, 5.41) is 19.4. The number of sulfone groups is 1. The van der Waals surface area contributed by atoms with Gasteiger partial charge < -0.3 is 31.7 Å². The van der Waals surface area contributed by atoms with E-state index in [0.717, 1.165) is 64.2 Å². The second kappa shape index (κ2) is 13.0. The van der Waals surface area contributed by atoms with E-state index in [4.69, 9.17) is 5.73 Å². The lowest BCUT2D eigenvalue weighted by atomic mass is 9.82. The second-order valence-electron chi connectivity index (χ2n) is 15.4. The van der Waals surface area contributed by atoms with E-state index in [0.29, 0.717) is 31.7 Å². The van der Waals surface area contributed by atoms with Gasteiger partial charge in [-0.2, -0.15) is 0 Å². The molecule has 0 bridgehead atoms. The molecule has 45 heavy (non-hydrogen) atoms. The molecule has 4 aliphatic carbocycles. The normalized spacial score (nSPS) is 29.5. The molecule has 12 nitrogen and oxygen atoms in total. The van der Waals surface area contributed by atoms with Crippen molar-refractivity contribution in [3.05, 3.63) is 0 Å². The summed E-state index contributed by atoms with van der Waals surface area (Å²) in [4.78, 5) is 55.5.